The van der Waals surface area contributed by atoms with Gasteiger partial charge in [-0.2, -0.15) is 0 Å². The molecule has 2 amide bonds. The van der Waals surface area contributed by atoms with Crippen LogP contribution in [0.4, 0.5) is 9.93 Å². The summed E-state index contributed by atoms with van der Waals surface area (Å²) in [6, 6.07) is -0.287. The van der Waals surface area contributed by atoms with Crippen molar-refractivity contribution in [1.82, 2.24) is 9.88 Å². The number of methoxy groups -OCH3 is 1. The third kappa shape index (κ3) is 2.69. The second-order valence-corrected chi connectivity index (χ2v) is 4.25. The molecule has 0 aliphatic carbocycles. The van der Waals surface area contributed by atoms with E-state index in [9.17, 15) is 9.59 Å². The van der Waals surface area contributed by atoms with Gasteiger partial charge in [-0.3, -0.25) is 5.32 Å². The Kier molecular flexibility index (Phi) is 3.83. The number of hydrogen-bond donors (Lipinski definition) is 1. The molecule has 1 aromatic rings. The van der Waals surface area contributed by atoms with Crippen molar-refractivity contribution < 1.29 is 14.3 Å². The van der Waals surface area contributed by atoms with Crippen LogP contribution in [0.15, 0.2) is 0 Å². The number of aromatic nitrogens is 1. The van der Waals surface area contributed by atoms with E-state index in [4.69, 9.17) is 0 Å². The van der Waals surface area contributed by atoms with Crippen LogP contribution in [0.1, 0.15) is 15.4 Å². The van der Waals surface area contributed by atoms with Gasteiger partial charge in [0.15, 0.2) is 5.13 Å². The van der Waals surface area contributed by atoms with Crippen molar-refractivity contribution in [2.45, 2.75) is 6.92 Å². The first kappa shape index (κ1) is 12.4. The lowest BCUT2D eigenvalue weighted by molar-refractivity contribution is 0.0605. The summed E-state index contributed by atoms with van der Waals surface area (Å²) in [4.78, 5) is 28.5. The lowest BCUT2D eigenvalue weighted by atomic mass is 10.4. The maximum absolute atomic E-state index is 11.3. The van der Waals surface area contributed by atoms with Gasteiger partial charge < -0.3 is 9.64 Å². The van der Waals surface area contributed by atoms with Gasteiger partial charge in [0.05, 0.1) is 12.8 Å². The Balaban J connectivity index is 2.85. The predicted octanol–water partition coefficient (Wildman–Crippen LogP) is 1.33. The predicted molar refractivity (Wildman–Crippen MR) is 60.9 cm³/mol. The maximum atomic E-state index is 11.3. The minimum atomic E-state index is -0.444. The van der Waals surface area contributed by atoms with Gasteiger partial charge in [0.25, 0.3) is 0 Å². The summed E-state index contributed by atoms with van der Waals surface area (Å²) in [5, 5.41) is 2.95. The van der Waals surface area contributed by atoms with Crippen LogP contribution >= 0.6 is 11.3 Å². The van der Waals surface area contributed by atoms with E-state index in [2.05, 4.69) is 15.0 Å². The number of ether oxygens (including phenoxy) is 1. The van der Waals surface area contributed by atoms with Crippen LogP contribution < -0.4 is 5.32 Å². The molecule has 0 radical (unpaired) electrons. The topological polar surface area (TPSA) is 71.5 Å². The van der Waals surface area contributed by atoms with E-state index < -0.39 is 5.97 Å². The fourth-order valence-electron chi connectivity index (χ4n) is 0.935. The van der Waals surface area contributed by atoms with Crippen LogP contribution in [0.3, 0.4) is 0 Å². The van der Waals surface area contributed by atoms with E-state index in [0.29, 0.717) is 15.7 Å². The van der Waals surface area contributed by atoms with Gasteiger partial charge >= 0.3 is 12.0 Å². The summed E-state index contributed by atoms with van der Waals surface area (Å²) in [5.74, 6) is -0.444. The third-order valence-corrected chi connectivity index (χ3v) is 2.84. The first-order valence-electron chi connectivity index (χ1n) is 4.49. The Morgan fingerprint density at radius 2 is 2.06 bits per heavy atom. The molecule has 1 heterocycles. The normalized spacial score (nSPS) is 9.75. The van der Waals surface area contributed by atoms with Gasteiger partial charge in [-0.15, -0.1) is 0 Å². The highest BCUT2D eigenvalue weighted by atomic mass is 32.1. The number of esters is 1. The fourth-order valence-corrected chi connectivity index (χ4v) is 1.81. The molecule has 0 saturated heterocycles. The van der Waals surface area contributed by atoms with Crippen LogP contribution in [0.5, 0.6) is 0 Å². The van der Waals surface area contributed by atoms with Crippen LogP contribution in [0, 0.1) is 6.92 Å². The Labute approximate surface area is 97.2 Å². The molecule has 0 bridgehead atoms. The molecule has 6 nitrogen and oxygen atoms in total. The van der Waals surface area contributed by atoms with Crippen molar-refractivity contribution in [2.75, 3.05) is 26.5 Å². The Bertz CT molecular complexity index is 414. The molecule has 0 fully saturated rings. The van der Waals surface area contributed by atoms with Gasteiger partial charge in [-0.05, 0) is 6.92 Å². The van der Waals surface area contributed by atoms with Gasteiger partial charge in [0.2, 0.25) is 0 Å². The zero-order chi connectivity index (χ0) is 12.3. The number of carbonyl (C=O) groups excluding carboxylic acids is 2. The SMILES string of the molecule is COC(=O)c1sc(NC(=O)N(C)C)nc1C. The molecular weight excluding hydrogens is 230 g/mol. The van der Waals surface area contributed by atoms with E-state index in [-0.39, 0.29) is 6.03 Å². The second kappa shape index (κ2) is 4.93. The number of aryl methyl sites for hydroxylation is 1. The molecule has 7 heteroatoms. The molecular formula is C9H13N3O3S. The Morgan fingerprint density at radius 1 is 1.44 bits per heavy atom. The average Bonchev–Trinajstić information content (AvgIpc) is 2.58. The molecule has 16 heavy (non-hydrogen) atoms. The van der Waals surface area contributed by atoms with Crippen LogP contribution in [0.25, 0.3) is 0 Å². The van der Waals surface area contributed by atoms with Crippen LogP contribution in [-0.2, 0) is 4.74 Å². The number of amides is 2. The Morgan fingerprint density at radius 3 is 2.56 bits per heavy atom. The van der Waals surface area contributed by atoms with Gasteiger partial charge in [-0.1, -0.05) is 11.3 Å². The minimum absolute atomic E-state index is 0.287. The van der Waals surface area contributed by atoms with Crippen molar-refractivity contribution in [3.63, 3.8) is 0 Å². The van der Waals surface area contributed by atoms with Gasteiger partial charge in [-0.25, -0.2) is 14.6 Å². The summed E-state index contributed by atoms with van der Waals surface area (Å²) in [6.07, 6.45) is 0. The highest BCUT2D eigenvalue weighted by Crippen LogP contribution is 2.23. The van der Waals surface area contributed by atoms with E-state index in [0.717, 1.165) is 11.3 Å². The van der Waals surface area contributed by atoms with Crippen molar-refractivity contribution in [1.29, 1.82) is 0 Å². The first-order valence-corrected chi connectivity index (χ1v) is 5.31. The molecule has 0 atom stereocenters. The number of carbonyl (C=O) groups is 2. The van der Waals surface area contributed by atoms with E-state index in [1.54, 1.807) is 21.0 Å². The molecule has 1 N–H and O–H groups in total. The standard InChI is InChI=1S/C9H13N3O3S/c1-5-6(7(13)15-4)16-8(10-5)11-9(14)12(2)3/h1-4H3,(H,10,11,14). The van der Waals surface area contributed by atoms with Gasteiger partial charge in [0.1, 0.15) is 4.88 Å². The maximum Gasteiger partial charge on any atom is 0.350 e. The minimum Gasteiger partial charge on any atom is -0.465 e. The number of urea groups is 1. The second-order valence-electron chi connectivity index (χ2n) is 3.25. The number of nitrogens with zero attached hydrogens (tertiary/aromatic N) is 2. The van der Waals surface area contributed by atoms with Crippen LogP contribution in [0.2, 0.25) is 0 Å². The number of anilines is 1. The van der Waals surface area contributed by atoms with E-state index >= 15 is 0 Å². The molecule has 0 saturated carbocycles. The number of nitrogens with one attached hydrogen (secondary N) is 1. The zero-order valence-electron chi connectivity index (χ0n) is 9.53. The third-order valence-electron chi connectivity index (χ3n) is 1.79. The lowest BCUT2D eigenvalue weighted by Crippen LogP contribution is -2.27. The molecule has 1 aromatic heterocycles. The molecule has 0 unspecified atom stereocenters. The smallest absolute Gasteiger partial charge is 0.350 e. The molecule has 1 rings (SSSR count). The summed E-state index contributed by atoms with van der Waals surface area (Å²) < 4.78 is 4.59. The van der Waals surface area contributed by atoms with Crippen LogP contribution in [-0.4, -0.2) is 43.1 Å². The zero-order valence-corrected chi connectivity index (χ0v) is 10.3. The molecule has 0 aliphatic rings. The molecule has 0 aliphatic heterocycles. The number of rotatable bonds is 2. The first-order chi connectivity index (χ1) is 7.45. The quantitative estimate of drug-likeness (QED) is 0.795. The van der Waals surface area contributed by atoms with Crippen molar-refractivity contribution >= 4 is 28.5 Å². The summed E-state index contributed by atoms with van der Waals surface area (Å²) in [6.45, 7) is 1.69. The molecule has 0 spiro atoms. The van der Waals surface area contributed by atoms with Crippen molar-refractivity contribution in [3.05, 3.63) is 10.6 Å². The lowest BCUT2D eigenvalue weighted by Gasteiger charge is -2.09. The van der Waals surface area contributed by atoms with E-state index in [1.165, 1.54) is 12.0 Å². The van der Waals surface area contributed by atoms with Crippen molar-refractivity contribution in [3.8, 4) is 0 Å². The highest BCUT2D eigenvalue weighted by molar-refractivity contribution is 7.17. The monoisotopic (exact) mass is 243 g/mol. The van der Waals surface area contributed by atoms with E-state index in [1.807, 2.05) is 0 Å². The number of hydrogen-bond acceptors (Lipinski definition) is 5. The average molecular weight is 243 g/mol. The summed E-state index contributed by atoms with van der Waals surface area (Å²) in [5.41, 5.74) is 0.547. The fraction of sp³-hybridized carbons (Fsp3) is 0.444. The highest BCUT2D eigenvalue weighted by Gasteiger charge is 2.17. The summed E-state index contributed by atoms with van der Waals surface area (Å²) in [7, 11) is 4.55. The van der Waals surface area contributed by atoms with Gasteiger partial charge in [0, 0.05) is 14.1 Å². The largest absolute Gasteiger partial charge is 0.465 e. The molecule has 0 aromatic carbocycles. The molecule has 88 valence electrons. The van der Waals surface area contributed by atoms with Crippen molar-refractivity contribution in [2.24, 2.45) is 0 Å². The Hall–Kier alpha value is -1.63. The summed E-state index contributed by atoms with van der Waals surface area (Å²) >= 11 is 1.09. The number of thiazole rings is 1.